The highest BCUT2D eigenvalue weighted by Gasteiger charge is 2.35. The number of methoxy groups -OCH3 is 1. The number of benzene rings is 1. The number of rotatable bonds is 4. The van der Waals surface area contributed by atoms with E-state index in [1.165, 1.54) is 7.11 Å². The summed E-state index contributed by atoms with van der Waals surface area (Å²) in [6.45, 7) is 5.70. The SMILES string of the molecule is C=CCN1CC(C(=O)OC)=CC2=C(c3ccccc3)C(=O)CC2C1. The van der Waals surface area contributed by atoms with Crippen LogP contribution in [0.5, 0.6) is 0 Å². The molecule has 24 heavy (non-hydrogen) atoms. The van der Waals surface area contributed by atoms with E-state index in [0.29, 0.717) is 25.1 Å². The lowest BCUT2D eigenvalue weighted by molar-refractivity contribution is -0.136. The fourth-order valence-corrected chi connectivity index (χ4v) is 3.51. The number of hydrogen-bond donors (Lipinski definition) is 0. The minimum atomic E-state index is -0.344. The Morgan fingerprint density at radius 1 is 1.38 bits per heavy atom. The smallest absolute Gasteiger partial charge is 0.335 e. The standard InChI is InChI=1S/C20H21NO3/c1-3-9-21-12-15-11-18(22)19(14-7-5-4-6-8-14)17(15)10-16(13-21)20(23)24-2/h3-8,10,15H,1,9,11-13H2,2H3. The maximum Gasteiger partial charge on any atom is 0.335 e. The van der Waals surface area contributed by atoms with E-state index in [4.69, 9.17) is 4.74 Å². The van der Waals surface area contributed by atoms with E-state index in [1.807, 2.05) is 42.5 Å². The number of ketones is 1. The second kappa shape index (κ2) is 6.97. The summed E-state index contributed by atoms with van der Waals surface area (Å²) < 4.78 is 4.92. The molecule has 1 aromatic carbocycles. The van der Waals surface area contributed by atoms with Gasteiger partial charge >= 0.3 is 5.97 Å². The molecule has 124 valence electrons. The van der Waals surface area contributed by atoms with Crippen molar-refractivity contribution in [2.24, 2.45) is 5.92 Å². The van der Waals surface area contributed by atoms with Gasteiger partial charge in [0, 0.05) is 37.5 Å². The van der Waals surface area contributed by atoms with E-state index in [9.17, 15) is 9.59 Å². The molecule has 0 N–H and O–H groups in total. The number of nitrogens with zero attached hydrogens (tertiary/aromatic N) is 1. The van der Waals surface area contributed by atoms with Crippen LogP contribution in [0.3, 0.4) is 0 Å². The Labute approximate surface area is 142 Å². The zero-order chi connectivity index (χ0) is 17.1. The number of Topliss-reactive ketones (excluding diaryl/α,β-unsaturated/α-hetero) is 1. The van der Waals surface area contributed by atoms with Gasteiger partial charge in [-0.2, -0.15) is 0 Å². The number of esters is 1. The molecule has 4 heteroatoms. The minimum absolute atomic E-state index is 0.106. The van der Waals surface area contributed by atoms with Crippen LogP contribution < -0.4 is 0 Å². The summed E-state index contributed by atoms with van der Waals surface area (Å²) in [6, 6.07) is 9.67. The van der Waals surface area contributed by atoms with E-state index in [0.717, 1.165) is 23.3 Å². The molecule has 1 aliphatic carbocycles. The molecule has 1 atom stereocenters. The Balaban J connectivity index is 2.10. The van der Waals surface area contributed by atoms with E-state index >= 15 is 0 Å². The van der Waals surface area contributed by atoms with Crippen LogP contribution in [0.1, 0.15) is 12.0 Å². The van der Waals surface area contributed by atoms with Gasteiger partial charge in [-0.1, -0.05) is 36.4 Å². The number of carbonyl (C=O) groups excluding carboxylic acids is 2. The van der Waals surface area contributed by atoms with Gasteiger partial charge < -0.3 is 4.74 Å². The molecule has 1 aromatic rings. The molecule has 0 bridgehead atoms. The molecule has 0 saturated carbocycles. The fourth-order valence-electron chi connectivity index (χ4n) is 3.51. The van der Waals surface area contributed by atoms with Crippen molar-refractivity contribution in [3.63, 3.8) is 0 Å². The predicted molar refractivity (Wildman–Crippen MR) is 93.2 cm³/mol. The van der Waals surface area contributed by atoms with Gasteiger partial charge in [0.1, 0.15) is 0 Å². The third kappa shape index (κ3) is 3.10. The van der Waals surface area contributed by atoms with E-state index < -0.39 is 0 Å². The number of carbonyl (C=O) groups is 2. The molecule has 0 spiro atoms. The number of hydrogen-bond acceptors (Lipinski definition) is 4. The molecule has 0 saturated heterocycles. The summed E-state index contributed by atoms with van der Waals surface area (Å²) in [5.74, 6) is -0.0964. The Kier molecular flexibility index (Phi) is 4.76. The lowest BCUT2D eigenvalue weighted by Gasteiger charge is -2.22. The first-order valence-corrected chi connectivity index (χ1v) is 8.09. The van der Waals surface area contributed by atoms with Gasteiger partial charge in [-0.25, -0.2) is 4.79 Å². The van der Waals surface area contributed by atoms with E-state index in [-0.39, 0.29) is 17.7 Å². The first-order chi connectivity index (χ1) is 11.6. The van der Waals surface area contributed by atoms with Crippen molar-refractivity contribution in [2.45, 2.75) is 6.42 Å². The molecule has 4 nitrogen and oxygen atoms in total. The van der Waals surface area contributed by atoms with E-state index in [1.54, 1.807) is 0 Å². The lowest BCUT2D eigenvalue weighted by atomic mass is 9.97. The Morgan fingerprint density at radius 3 is 2.79 bits per heavy atom. The zero-order valence-corrected chi connectivity index (χ0v) is 13.8. The third-order valence-corrected chi connectivity index (χ3v) is 4.54. The minimum Gasteiger partial charge on any atom is -0.466 e. The average Bonchev–Trinajstić information content (AvgIpc) is 2.78. The summed E-state index contributed by atoms with van der Waals surface area (Å²) in [7, 11) is 1.38. The number of allylic oxidation sites excluding steroid dienone is 2. The average molecular weight is 323 g/mol. The van der Waals surface area contributed by atoms with E-state index in [2.05, 4.69) is 11.5 Å². The van der Waals surface area contributed by atoms with Crippen LogP contribution >= 0.6 is 0 Å². The first-order valence-electron chi connectivity index (χ1n) is 8.09. The molecule has 0 fully saturated rings. The van der Waals surface area contributed by atoms with Crippen LogP contribution in [0.15, 0.2) is 60.2 Å². The zero-order valence-electron chi connectivity index (χ0n) is 13.8. The Morgan fingerprint density at radius 2 is 2.12 bits per heavy atom. The molecule has 1 aliphatic heterocycles. The van der Waals surface area contributed by atoms with Gasteiger partial charge in [-0.15, -0.1) is 6.58 Å². The third-order valence-electron chi connectivity index (χ3n) is 4.54. The van der Waals surface area contributed by atoms with Crippen LogP contribution in [-0.2, 0) is 14.3 Å². The highest BCUT2D eigenvalue weighted by atomic mass is 16.5. The first kappa shape index (κ1) is 16.4. The topological polar surface area (TPSA) is 46.6 Å². The summed E-state index contributed by atoms with van der Waals surface area (Å²) in [4.78, 5) is 26.9. The van der Waals surface area contributed by atoms with Crippen LogP contribution in [0.4, 0.5) is 0 Å². The maximum atomic E-state index is 12.6. The Hall–Kier alpha value is -2.46. The second-order valence-corrected chi connectivity index (χ2v) is 6.16. The molecular formula is C20H21NO3. The van der Waals surface area contributed by atoms with Gasteiger partial charge in [0.05, 0.1) is 12.7 Å². The highest BCUT2D eigenvalue weighted by molar-refractivity contribution is 6.24. The Bertz CT molecular complexity index is 731. The van der Waals surface area contributed by atoms with Gasteiger partial charge in [0.15, 0.2) is 5.78 Å². The predicted octanol–water partition coefficient (Wildman–Crippen LogP) is 2.63. The van der Waals surface area contributed by atoms with Crippen molar-refractivity contribution in [2.75, 3.05) is 26.7 Å². The maximum absolute atomic E-state index is 12.6. The fraction of sp³-hybridized carbons (Fsp3) is 0.300. The van der Waals surface area contributed by atoms with Gasteiger partial charge in [0.2, 0.25) is 0 Å². The molecule has 0 radical (unpaired) electrons. The van der Waals surface area contributed by atoms with Crippen molar-refractivity contribution < 1.29 is 14.3 Å². The number of fused-ring (bicyclic) bond motifs is 1. The summed E-state index contributed by atoms with van der Waals surface area (Å²) >= 11 is 0. The highest BCUT2D eigenvalue weighted by Crippen LogP contribution is 2.39. The van der Waals surface area contributed by atoms with Crippen molar-refractivity contribution in [1.29, 1.82) is 0 Å². The summed E-state index contributed by atoms with van der Waals surface area (Å²) in [5.41, 5.74) is 3.19. The monoisotopic (exact) mass is 323 g/mol. The van der Waals surface area contributed by atoms with Crippen molar-refractivity contribution in [3.8, 4) is 0 Å². The van der Waals surface area contributed by atoms with Crippen LogP contribution in [0, 0.1) is 5.92 Å². The molecule has 3 rings (SSSR count). The van der Waals surface area contributed by atoms with Crippen LogP contribution in [-0.4, -0.2) is 43.4 Å². The summed E-state index contributed by atoms with van der Waals surface area (Å²) in [5, 5.41) is 0. The molecule has 1 heterocycles. The van der Waals surface area contributed by atoms with Gasteiger partial charge in [-0.3, -0.25) is 9.69 Å². The van der Waals surface area contributed by atoms with Crippen molar-refractivity contribution in [1.82, 2.24) is 4.90 Å². The van der Waals surface area contributed by atoms with Crippen molar-refractivity contribution in [3.05, 3.63) is 65.8 Å². The molecule has 0 aromatic heterocycles. The van der Waals surface area contributed by atoms with Gasteiger partial charge in [-0.05, 0) is 17.2 Å². The van der Waals surface area contributed by atoms with Gasteiger partial charge in [0.25, 0.3) is 0 Å². The lowest BCUT2D eigenvalue weighted by Crippen LogP contribution is -2.31. The second-order valence-electron chi connectivity index (χ2n) is 6.16. The molecular weight excluding hydrogens is 302 g/mol. The largest absolute Gasteiger partial charge is 0.466 e. The molecule has 0 amide bonds. The van der Waals surface area contributed by atoms with Crippen LogP contribution in [0.2, 0.25) is 0 Å². The van der Waals surface area contributed by atoms with Crippen molar-refractivity contribution >= 4 is 17.3 Å². The quantitative estimate of drug-likeness (QED) is 0.631. The molecule has 2 aliphatic rings. The summed E-state index contributed by atoms with van der Waals surface area (Å²) in [6.07, 6.45) is 4.17. The number of ether oxygens (including phenoxy) is 1. The van der Waals surface area contributed by atoms with Crippen LogP contribution in [0.25, 0.3) is 5.57 Å². The molecule has 1 unspecified atom stereocenters. The normalized spacial score (nSPS) is 21.1.